The van der Waals surface area contributed by atoms with E-state index in [1.165, 1.54) is 19.3 Å². The average Bonchev–Trinajstić information content (AvgIpc) is 2.17. The summed E-state index contributed by atoms with van der Waals surface area (Å²) < 4.78 is 0. The van der Waals surface area contributed by atoms with Crippen LogP contribution in [0.15, 0.2) is 12.2 Å². The minimum Gasteiger partial charge on any atom is -0.291 e. The minimum atomic E-state index is 0.447. The van der Waals surface area contributed by atoms with Crippen molar-refractivity contribution in [3.8, 4) is 0 Å². The number of hydrogen-bond acceptors (Lipinski definition) is 1. The maximum atomic E-state index is 2.65. The summed E-state index contributed by atoms with van der Waals surface area (Å²) in [6.45, 7) is 10.4. The fourth-order valence-corrected chi connectivity index (χ4v) is 2.51. The van der Waals surface area contributed by atoms with E-state index >= 15 is 0 Å². The lowest BCUT2D eigenvalue weighted by molar-refractivity contribution is 0.0547. The Hall–Kier alpha value is -0.300. The lowest BCUT2D eigenvalue weighted by Crippen LogP contribution is -2.52. The lowest BCUT2D eigenvalue weighted by Gasteiger charge is -2.47. The maximum absolute atomic E-state index is 2.65. The van der Waals surface area contributed by atoms with Gasteiger partial charge >= 0.3 is 0 Å². The van der Waals surface area contributed by atoms with E-state index in [-0.39, 0.29) is 0 Å². The molecule has 76 valence electrons. The van der Waals surface area contributed by atoms with Crippen molar-refractivity contribution < 1.29 is 0 Å². The van der Waals surface area contributed by atoms with Crippen molar-refractivity contribution >= 4 is 0 Å². The van der Waals surface area contributed by atoms with Crippen LogP contribution in [0.3, 0.4) is 0 Å². The predicted octanol–water partition coefficient (Wildman–Crippen LogP) is 3.22. The molecule has 0 spiro atoms. The molecule has 1 aliphatic rings. The Balaban J connectivity index is 2.83. The van der Waals surface area contributed by atoms with Gasteiger partial charge < -0.3 is 0 Å². The third-order valence-corrected chi connectivity index (χ3v) is 3.52. The van der Waals surface area contributed by atoms with Gasteiger partial charge in [-0.2, -0.15) is 0 Å². The number of nitrogens with zero attached hydrogens (tertiary/aromatic N) is 1. The van der Waals surface area contributed by atoms with Crippen LogP contribution in [0, 0.1) is 0 Å². The first-order valence-corrected chi connectivity index (χ1v) is 5.58. The number of rotatable bonds is 3. The molecule has 1 aliphatic heterocycles. The molecule has 0 saturated heterocycles. The van der Waals surface area contributed by atoms with Crippen LogP contribution in [-0.2, 0) is 0 Å². The second-order valence-electron chi connectivity index (χ2n) is 4.35. The fraction of sp³-hybridized carbons (Fsp3) is 0.833. The first-order chi connectivity index (χ1) is 6.16. The van der Waals surface area contributed by atoms with Crippen LogP contribution >= 0.6 is 0 Å². The van der Waals surface area contributed by atoms with Crippen molar-refractivity contribution in [3.63, 3.8) is 0 Å². The fourth-order valence-electron chi connectivity index (χ4n) is 2.51. The Morgan fingerprint density at radius 2 is 1.85 bits per heavy atom. The van der Waals surface area contributed by atoms with Gasteiger partial charge in [-0.1, -0.05) is 26.0 Å². The molecule has 0 aromatic heterocycles. The summed E-state index contributed by atoms with van der Waals surface area (Å²) in [5, 5.41) is 0. The second kappa shape index (κ2) is 4.28. The van der Waals surface area contributed by atoms with Gasteiger partial charge in [0, 0.05) is 18.1 Å². The van der Waals surface area contributed by atoms with Crippen LogP contribution in [0.4, 0.5) is 0 Å². The molecule has 0 aliphatic carbocycles. The lowest BCUT2D eigenvalue weighted by atomic mass is 9.84. The van der Waals surface area contributed by atoms with E-state index in [1.54, 1.807) is 0 Å². The summed E-state index contributed by atoms with van der Waals surface area (Å²) in [5.41, 5.74) is 0.447. The molecule has 1 nitrogen and oxygen atoms in total. The molecule has 0 amide bonds. The van der Waals surface area contributed by atoms with Crippen LogP contribution in [0.25, 0.3) is 0 Å². The highest BCUT2D eigenvalue weighted by Gasteiger charge is 2.34. The van der Waals surface area contributed by atoms with Gasteiger partial charge in [-0.05, 0) is 33.1 Å². The molecule has 0 atom stereocenters. The SMILES string of the molecule is CCC1(CC)CC=CCN1C(C)C. The Bertz CT molecular complexity index is 178. The molecule has 0 unspecified atom stereocenters. The molecule has 13 heavy (non-hydrogen) atoms. The van der Waals surface area contributed by atoms with Gasteiger partial charge in [0.2, 0.25) is 0 Å². The topological polar surface area (TPSA) is 3.24 Å². The Labute approximate surface area is 82.8 Å². The van der Waals surface area contributed by atoms with Crippen molar-refractivity contribution in [2.75, 3.05) is 6.54 Å². The van der Waals surface area contributed by atoms with Crippen LogP contribution in [0.5, 0.6) is 0 Å². The van der Waals surface area contributed by atoms with Crippen molar-refractivity contribution in [1.29, 1.82) is 0 Å². The molecule has 0 fully saturated rings. The Morgan fingerprint density at radius 3 is 2.23 bits per heavy atom. The van der Waals surface area contributed by atoms with Crippen LogP contribution in [0.2, 0.25) is 0 Å². The Morgan fingerprint density at radius 1 is 1.23 bits per heavy atom. The van der Waals surface area contributed by atoms with E-state index in [0.717, 1.165) is 6.54 Å². The highest BCUT2D eigenvalue weighted by molar-refractivity contribution is 5.05. The van der Waals surface area contributed by atoms with Crippen molar-refractivity contribution in [3.05, 3.63) is 12.2 Å². The molecule has 0 radical (unpaired) electrons. The van der Waals surface area contributed by atoms with E-state index in [1.807, 2.05) is 0 Å². The standard InChI is InChI=1S/C12H23N/c1-5-12(6-2)9-7-8-10-13(12)11(3)4/h7-8,11H,5-6,9-10H2,1-4H3. The van der Waals surface area contributed by atoms with Crippen LogP contribution in [-0.4, -0.2) is 23.0 Å². The summed E-state index contributed by atoms with van der Waals surface area (Å²) in [6.07, 6.45) is 8.44. The smallest absolute Gasteiger partial charge is 0.0244 e. The van der Waals surface area contributed by atoms with Crippen LogP contribution in [0.1, 0.15) is 47.0 Å². The molecule has 0 saturated carbocycles. The van der Waals surface area contributed by atoms with Crippen LogP contribution < -0.4 is 0 Å². The summed E-state index contributed by atoms with van der Waals surface area (Å²) in [5.74, 6) is 0. The van der Waals surface area contributed by atoms with Gasteiger partial charge in [0.05, 0.1) is 0 Å². The first kappa shape index (κ1) is 10.8. The van der Waals surface area contributed by atoms with Gasteiger partial charge in [0.15, 0.2) is 0 Å². The highest BCUT2D eigenvalue weighted by Crippen LogP contribution is 2.32. The molecule has 1 rings (SSSR count). The largest absolute Gasteiger partial charge is 0.291 e. The van der Waals surface area contributed by atoms with E-state index in [2.05, 4.69) is 44.7 Å². The first-order valence-electron chi connectivity index (χ1n) is 5.58. The zero-order valence-electron chi connectivity index (χ0n) is 9.51. The molecule has 0 bridgehead atoms. The van der Waals surface area contributed by atoms with E-state index in [4.69, 9.17) is 0 Å². The van der Waals surface area contributed by atoms with Crippen molar-refractivity contribution in [1.82, 2.24) is 4.90 Å². The minimum absolute atomic E-state index is 0.447. The molecule has 1 heterocycles. The van der Waals surface area contributed by atoms with Crippen molar-refractivity contribution in [2.24, 2.45) is 0 Å². The van der Waals surface area contributed by atoms with Gasteiger partial charge in [-0.25, -0.2) is 0 Å². The second-order valence-corrected chi connectivity index (χ2v) is 4.35. The molecular weight excluding hydrogens is 158 g/mol. The van der Waals surface area contributed by atoms with Crippen molar-refractivity contribution in [2.45, 2.75) is 58.5 Å². The normalized spacial score (nSPS) is 22.5. The third-order valence-electron chi connectivity index (χ3n) is 3.52. The maximum Gasteiger partial charge on any atom is 0.0244 e. The van der Waals surface area contributed by atoms with E-state index < -0.39 is 0 Å². The molecule has 0 aromatic carbocycles. The summed E-state index contributed by atoms with van der Waals surface area (Å²) in [7, 11) is 0. The molecule has 0 N–H and O–H groups in total. The van der Waals surface area contributed by atoms with Gasteiger partial charge in [0.1, 0.15) is 0 Å². The zero-order valence-corrected chi connectivity index (χ0v) is 9.51. The van der Waals surface area contributed by atoms with E-state index in [9.17, 15) is 0 Å². The predicted molar refractivity (Wildman–Crippen MR) is 58.9 cm³/mol. The summed E-state index contributed by atoms with van der Waals surface area (Å²) in [6, 6.07) is 0.671. The summed E-state index contributed by atoms with van der Waals surface area (Å²) >= 11 is 0. The summed E-state index contributed by atoms with van der Waals surface area (Å²) in [4.78, 5) is 2.65. The number of hydrogen-bond donors (Lipinski definition) is 0. The molecule has 0 aromatic rings. The average molecular weight is 181 g/mol. The zero-order chi connectivity index (χ0) is 9.90. The quantitative estimate of drug-likeness (QED) is 0.604. The van der Waals surface area contributed by atoms with Gasteiger partial charge in [-0.15, -0.1) is 0 Å². The van der Waals surface area contributed by atoms with Gasteiger partial charge in [0.25, 0.3) is 0 Å². The third kappa shape index (κ3) is 1.96. The molecule has 1 heteroatoms. The molecular formula is C12H23N. The van der Waals surface area contributed by atoms with E-state index in [0.29, 0.717) is 11.6 Å². The highest BCUT2D eigenvalue weighted by atomic mass is 15.2. The van der Waals surface area contributed by atoms with Gasteiger partial charge in [-0.3, -0.25) is 4.90 Å². The monoisotopic (exact) mass is 181 g/mol. The Kier molecular flexibility index (Phi) is 3.55.